The monoisotopic (exact) mass is 334 g/mol. The summed E-state index contributed by atoms with van der Waals surface area (Å²) in [5.41, 5.74) is 2.08. The normalized spacial score (nSPS) is 10.4. The second-order valence-electron chi connectivity index (χ2n) is 5.49. The molecule has 0 aliphatic heterocycles. The van der Waals surface area contributed by atoms with Crippen molar-refractivity contribution in [3.63, 3.8) is 0 Å². The Morgan fingerprint density at radius 1 is 1.00 bits per heavy atom. The highest BCUT2D eigenvalue weighted by Gasteiger charge is 2.05. The van der Waals surface area contributed by atoms with E-state index in [1.165, 1.54) is 10.7 Å². The molecule has 2 heterocycles. The molecule has 1 N–H and O–H groups in total. The van der Waals surface area contributed by atoms with E-state index < -0.39 is 0 Å². The first-order valence-corrected chi connectivity index (χ1v) is 8.06. The number of pyridine rings is 1. The van der Waals surface area contributed by atoms with Crippen LogP contribution in [-0.2, 0) is 6.54 Å². The van der Waals surface area contributed by atoms with Gasteiger partial charge in [-0.15, -0.1) is 0 Å². The van der Waals surface area contributed by atoms with E-state index in [0.29, 0.717) is 25.1 Å². The number of rotatable bonds is 6. The Morgan fingerprint density at radius 3 is 2.52 bits per heavy atom. The minimum Gasteiger partial charge on any atom is -0.352 e. The maximum Gasteiger partial charge on any atom is 0.266 e. The van der Waals surface area contributed by atoms with E-state index in [9.17, 15) is 9.59 Å². The first-order valence-electron chi connectivity index (χ1n) is 8.06. The minimum absolute atomic E-state index is 0.119. The van der Waals surface area contributed by atoms with Crippen molar-refractivity contribution < 1.29 is 4.79 Å². The van der Waals surface area contributed by atoms with Crippen molar-refractivity contribution in [3.8, 4) is 11.3 Å². The summed E-state index contributed by atoms with van der Waals surface area (Å²) in [6, 6.07) is 15.9. The third-order valence-corrected chi connectivity index (χ3v) is 3.71. The molecule has 25 heavy (non-hydrogen) atoms. The number of benzene rings is 1. The van der Waals surface area contributed by atoms with E-state index in [-0.39, 0.29) is 11.5 Å². The Labute approximate surface area is 145 Å². The van der Waals surface area contributed by atoms with Gasteiger partial charge in [0.05, 0.1) is 5.69 Å². The van der Waals surface area contributed by atoms with Crippen LogP contribution in [0.5, 0.6) is 0 Å². The van der Waals surface area contributed by atoms with Crippen molar-refractivity contribution in [1.29, 1.82) is 0 Å². The van der Waals surface area contributed by atoms with Crippen LogP contribution in [0.1, 0.15) is 16.8 Å². The third-order valence-electron chi connectivity index (χ3n) is 3.71. The second-order valence-corrected chi connectivity index (χ2v) is 5.49. The lowest BCUT2D eigenvalue weighted by Crippen LogP contribution is -2.28. The van der Waals surface area contributed by atoms with Crippen LogP contribution >= 0.6 is 0 Å². The topological polar surface area (TPSA) is 76.9 Å². The molecule has 0 aliphatic rings. The van der Waals surface area contributed by atoms with Crippen LogP contribution < -0.4 is 10.9 Å². The molecule has 6 nitrogen and oxygen atoms in total. The zero-order valence-electron chi connectivity index (χ0n) is 13.6. The van der Waals surface area contributed by atoms with E-state index >= 15 is 0 Å². The molecule has 0 saturated carbocycles. The molecule has 3 rings (SSSR count). The van der Waals surface area contributed by atoms with Crippen LogP contribution in [0.2, 0.25) is 0 Å². The summed E-state index contributed by atoms with van der Waals surface area (Å²) in [4.78, 5) is 27.9. The highest BCUT2D eigenvalue weighted by atomic mass is 16.1. The molecule has 126 valence electrons. The van der Waals surface area contributed by atoms with Gasteiger partial charge in [0.15, 0.2) is 0 Å². The number of carbonyl (C=O) groups is 1. The molecule has 0 fully saturated rings. The Kier molecular flexibility index (Phi) is 5.31. The van der Waals surface area contributed by atoms with Crippen LogP contribution in [-0.4, -0.2) is 27.2 Å². The molecule has 0 radical (unpaired) electrons. The smallest absolute Gasteiger partial charge is 0.266 e. The highest BCUT2D eigenvalue weighted by molar-refractivity contribution is 5.94. The summed E-state index contributed by atoms with van der Waals surface area (Å²) in [5, 5.41) is 7.23. The zero-order chi connectivity index (χ0) is 17.5. The van der Waals surface area contributed by atoms with Crippen LogP contribution in [0, 0.1) is 0 Å². The second kappa shape index (κ2) is 8.01. The van der Waals surface area contributed by atoms with Crippen molar-refractivity contribution in [2.75, 3.05) is 6.54 Å². The van der Waals surface area contributed by atoms with Gasteiger partial charge in [-0.2, -0.15) is 5.10 Å². The van der Waals surface area contributed by atoms with E-state index in [1.54, 1.807) is 30.6 Å². The van der Waals surface area contributed by atoms with Gasteiger partial charge in [0.1, 0.15) is 0 Å². The van der Waals surface area contributed by atoms with Crippen molar-refractivity contribution in [1.82, 2.24) is 20.1 Å². The lowest BCUT2D eigenvalue weighted by atomic mass is 10.2. The van der Waals surface area contributed by atoms with E-state index in [0.717, 1.165) is 11.3 Å². The first-order chi connectivity index (χ1) is 12.2. The van der Waals surface area contributed by atoms with Crippen LogP contribution in [0.25, 0.3) is 11.3 Å². The van der Waals surface area contributed by atoms with Gasteiger partial charge in [-0.1, -0.05) is 18.2 Å². The molecule has 0 bridgehead atoms. The van der Waals surface area contributed by atoms with Crippen molar-refractivity contribution in [2.45, 2.75) is 13.0 Å². The van der Waals surface area contributed by atoms with Crippen LogP contribution in [0.15, 0.2) is 71.8 Å². The predicted octanol–water partition coefficient (Wildman–Crippen LogP) is 2.13. The largest absolute Gasteiger partial charge is 0.352 e. The minimum atomic E-state index is -0.160. The molecule has 0 aliphatic carbocycles. The molecule has 1 amide bonds. The average Bonchev–Trinajstić information content (AvgIpc) is 2.67. The van der Waals surface area contributed by atoms with Gasteiger partial charge in [0.2, 0.25) is 0 Å². The molecule has 0 saturated heterocycles. The lowest BCUT2D eigenvalue weighted by Gasteiger charge is -2.08. The summed E-state index contributed by atoms with van der Waals surface area (Å²) in [6.07, 6.45) is 3.99. The van der Waals surface area contributed by atoms with E-state index in [4.69, 9.17) is 0 Å². The molecular weight excluding hydrogens is 316 g/mol. The Hall–Kier alpha value is -3.28. The number of nitrogens with zero attached hydrogens (tertiary/aromatic N) is 3. The third kappa shape index (κ3) is 4.38. The number of aryl methyl sites for hydroxylation is 1. The van der Waals surface area contributed by atoms with Gasteiger partial charge in [-0.05, 0) is 36.8 Å². The first kappa shape index (κ1) is 16.6. The molecule has 0 unspecified atom stereocenters. The standard InChI is InChI=1S/C19H18N4O2/c24-18-8-7-17(15-9-12-20-13-10-15)22-23(18)14-4-11-21-19(25)16-5-2-1-3-6-16/h1-3,5-10,12-13H,4,11,14H2,(H,21,25). The van der Waals surface area contributed by atoms with Crippen LogP contribution in [0.3, 0.4) is 0 Å². The van der Waals surface area contributed by atoms with E-state index in [1.807, 2.05) is 30.3 Å². The number of carbonyl (C=O) groups excluding carboxylic acids is 1. The zero-order valence-corrected chi connectivity index (χ0v) is 13.6. The molecular formula is C19H18N4O2. The summed E-state index contributed by atoms with van der Waals surface area (Å²) in [5.74, 6) is -0.119. The van der Waals surface area contributed by atoms with Gasteiger partial charge >= 0.3 is 0 Å². The maximum absolute atomic E-state index is 12.0. The number of hydrogen-bond donors (Lipinski definition) is 1. The molecule has 0 spiro atoms. The molecule has 2 aromatic heterocycles. The molecule has 1 aromatic carbocycles. The van der Waals surface area contributed by atoms with Gasteiger partial charge in [0, 0.05) is 42.7 Å². The Bertz CT molecular complexity index is 892. The number of nitrogens with one attached hydrogen (secondary N) is 1. The summed E-state index contributed by atoms with van der Waals surface area (Å²) in [7, 11) is 0. The van der Waals surface area contributed by atoms with Gasteiger partial charge in [0.25, 0.3) is 11.5 Å². The fourth-order valence-electron chi connectivity index (χ4n) is 2.41. The van der Waals surface area contributed by atoms with Crippen molar-refractivity contribution >= 4 is 5.91 Å². The number of aromatic nitrogens is 3. The summed E-state index contributed by atoms with van der Waals surface area (Å²) >= 11 is 0. The summed E-state index contributed by atoms with van der Waals surface area (Å²) < 4.78 is 1.42. The van der Waals surface area contributed by atoms with Gasteiger partial charge < -0.3 is 5.32 Å². The lowest BCUT2D eigenvalue weighted by molar-refractivity contribution is 0.0952. The average molecular weight is 334 g/mol. The Morgan fingerprint density at radius 2 is 1.76 bits per heavy atom. The summed E-state index contributed by atoms with van der Waals surface area (Å²) in [6.45, 7) is 0.911. The maximum atomic E-state index is 12.0. The van der Waals surface area contributed by atoms with Crippen molar-refractivity contribution in [2.24, 2.45) is 0 Å². The fourth-order valence-corrected chi connectivity index (χ4v) is 2.41. The Balaban J connectivity index is 1.58. The highest BCUT2D eigenvalue weighted by Crippen LogP contribution is 2.13. The molecule has 0 atom stereocenters. The number of amides is 1. The van der Waals surface area contributed by atoms with Crippen LogP contribution in [0.4, 0.5) is 0 Å². The van der Waals surface area contributed by atoms with E-state index in [2.05, 4.69) is 15.4 Å². The molecule has 3 aromatic rings. The fraction of sp³-hybridized carbons (Fsp3) is 0.158. The van der Waals surface area contributed by atoms with Gasteiger partial charge in [-0.3, -0.25) is 14.6 Å². The predicted molar refractivity (Wildman–Crippen MR) is 95.1 cm³/mol. The van der Waals surface area contributed by atoms with Gasteiger partial charge in [-0.25, -0.2) is 4.68 Å². The quantitative estimate of drug-likeness (QED) is 0.701. The SMILES string of the molecule is O=C(NCCCn1nc(-c2ccncc2)ccc1=O)c1ccccc1. The van der Waals surface area contributed by atoms with Crippen molar-refractivity contribution in [3.05, 3.63) is 82.9 Å². The number of hydrogen-bond acceptors (Lipinski definition) is 4. The molecule has 6 heteroatoms.